The number of para-hydroxylation sites is 1. The third-order valence-corrected chi connectivity index (χ3v) is 4.77. The standard InChI is InChI=1S/C23H23N3O3/c1-26(14-22-24-21-9-5-4-8-20(21)23(28)25-22)13-18(27)15-29-19-11-10-16-6-2-3-7-17(16)12-19/h2-12,18,27H,13-15H2,1H3,(H,24,25,28)/t18-/m0/s1. The first kappa shape index (κ1) is 19.1. The van der Waals surface area contributed by atoms with Crippen LogP contribution in [-0.2, 0) is 6.54 Å². The van der Waals surface area contributed by atoms with E-state index < -0.39 is 6.10 Å². The zero-order valence-electron chi connectivity index (χ0n) is 16.2. The van der Waals surface area contributed by atoms with Gasteiger partial charge in [0.05, 0.1) is 17.4 Å². The fraction of sp³-hybridized carbons (Fsp3) is 0.217. The van der Waals surface area contributed by atoms with Crippen molar-refractivity contribution in [3.63, 3.8) is 0 Å². The van der Waals surface area contributed by atoms with Crippen LogP contribution in [0.25, 0.3) is 21.7 Å². The number of aromatic amines is 1. The molecule has 0 bridgehead atoms. The van der Waals surface area contributed by atoms with Crippen LogP contribution in [0.2, 0.25) is 0 Å². The summed E-state index contributed by atoms with van der Waals surface area (Å²) in [7, 11) is 1.87. The first-order valence-electron chi connectivity index (χ1n) is 9.54. The van der Waals surface area contributed by atoms with Crippen molar-refractivity contribution < 1.29 is 9.84 Å². The lowest BCUT2D eigenvalue weighted by Gasteiger charge is -2.20. The second-order valence-corrected chi connectivity index (χ2v) is 7.20. The van der Waals surface area contributed by atoms with Crippen LogP contribution in [0.5, 0.6) is 5.75 Å². The number of H-pyrrole nitrogens is 1. The van der Waals surface area contributed by atoms with E-state index in [9.17, 15) is 9.90 Å². The molecule has 1 aromatic heterocycles. The number of rotatable bonds is 7. The van der Waals surface area contributed by atoms with E-state index in [4.69, 9.17) is 4.74 Å². The largest absolute Gasteiger partial charge is 0.491 e. The number of fused-ring (bicyclic) bond motifs is 2. The molecule has 0 fully saturated rings. The van der Waals surface area contributed by atoms with Crippen LogP contribution in [0.4, 0.5) is 0 Å². The molecule has 4 aromatic rings. The number of hydrogen-bond acceptors (Lipinski definition) is 5. The molecule has 148 valence electrons. The summed E-state index contributed by atoms with van der Waals surface area (Å²) >= 11 is 0. The van der Waals surface area contributed by atoms with Gasteiger partial charge >= 0.3 is 0 Å². The molecule has 0 radical (unpaired) electrons. The van der Waals surface area contributed by atoms with Crippen molar-refractivity contribution in [3.8, 4) is 5.75 Å². The Morgan fingerprint density at radius 2 is 1.83 bits per heavy atom. The molecular weight excluding hydrogens is 366 g/mol. The van der Waals surface area contributed by atoms with Gasteiger partial charge in [-0.3, -0.25) is 9.69 Å². The van der Waals surface area contributed by atoms with Crippen LogP contribution in [0.15, 0.2) is 71.5 Å². The first-order chi connectivity index (χ1) is 14.1. The maximum atomic E-state index is 12.2. The third kappa shape index (κ3) is 4.62. The lowest BCUT2D eigenvalue weighted by atomic mass is 10.1. The van der Waals surface area contributed by atoms with Crippen LogP contribution in [0, 0.1) is 0 Å². The molecule has 3 aromatic carbocycles. The van der Waals surface area contributed by atoms with Gasteiger partial charge in [0.1, 0.15) is 24.3 Å². The molecule has 0 amide bonds. The molecule has 1 atom stereocenters. The Morgan fingerprint density at radius 1 is 1.07 bits per heavy atom. The topological polar surface area (TPSA) is 78.5 Å². The Morgan fingerprint density at radius 3 is 2.69 bits per heavy atom. The van der Waals surface area contributed by atoms with Crippen molar-refractivity contribution in [2.75, 3.05) is 20.2 Å². The Balaban J connectivity index is 1.34. The summed E-state index contributed by atoms with van der Waals surface area (Å²) in [4.78, 5) is 21.4. The average molecular weight is 389 g/mol. The van der Waals surface area contributed by atoms with Gasteiger partial charge in [-0.25, -0.2) is 4.98 Å². The molecule has 4 rings (SSSR count). The Labute approximate surface area is 168 Å². The smallest absolute Gasteiger partial charge is 0.258 e. The van der Waals surface area contributed by atoms with Crippen molar-refractivity contribution in [1.82, 2.24) is 14.9 Å². The lowest BCUT2D eigenvalue weighted by Crippen LogP contribution is -2.33. The number of likely N-dealkylation sites (N-methyl/N-ethyl adjacent to an activating group) is 1. The van der Waals surface area contributed by atoms with E-state index in [-0.39, 0.29) is 12.2 Å². The summed E-state index contributed by atoms with van der Waals surface area (Å²) in [5.41, 5.74) is 0.513. The molecule has 0 aliphatic carbocycles. The van der Waals surface area contributed by atoms with Crippen LogP contribution < -0.4 is 10.3 Å². The zero-order valence-corrected chi connectivity index (χ0v) is 16.2. The molecule has 0 aliphatic rings. The van der Waals surface area contributed by atoms with Crippen molar-refractivity contribution >= 4 is 21.7 Å². The lowest BCUT2D eigenvalue weighted by molar-refractivity contribution is 0.0737. The highest BCUT2D eigenvalue weighted by Gasteiger charge is 2.12. The van der Waals surface area contributed by atoms with Crippen LogP contribution in [-0.4, -0.2) is 46.3 Å². The number of aliphatic hydroxyl groups excluding tert-OH is 1. The van der Waals surface area contributed by atoms with E-state index in [0.29, 0.717) is 29.8 Å². The van der Waals surface area contributed by atoms with Crippen LogP contribution in [0.1, 0.15) is 5.82 Å². The minimum atomic E-state index is -0.668. The molecule has 0 saturated heterocycles. The molecule has 0 unspecified atom stereocenters. The monoisotopic (exact) mass is 389 g/mol. The molecule has 2 N–H and O–H groups in total. The van der Waals surface area contributed by atoms with Crippen molar-refractivity contribution in [3.05, 3.63) is 82.9 Å². The summed E-state index contributed by atoms with van der Waals surface area (Å²) in [5.74, 6) is 1.30. The Kier molecular flexibility index (Phi) is 5.55. The highest BCUT2D eigenvalue weighted by atomic mass is 16.5. The fourth-order valence-corrected chi connectivity index (χ4v) is 3.39. The van der Waals surface area contributed by atoms with Gasteiger partial charge in [0.15, 0.2) is 0 Å². The van der Waals surface area contributed by atoms with Gasteiger partial charge in [-0.1, -0.05) is 42.5 Å². The van der Waals surface area contributed by atoms with Gasteiger partial charge in [-0.15, -0.1) is 0 Å². The Hall–Kier alpha value is -3.22. The summed E-state index contributed by atoms with van der Waals surface area (Å²) in [6, 6.07) is 21.2. The molecule has 0 aliphatic heterocycles. The average Bonchev–Trinajstić information content (AvgIpc) is 2.72. The van der Waals surface area contributed by atoms with E-state index in [1.54, 1.807) is 6.07 Å². The van der Waals surface area contributed by atoms with Crippen molar-refractivity contribution in [1.29, 1.82) is 0 Å². The second kappa shape index (κ2) is 8.43. The molecular formula is C23H23N3O3. The van der Waals surface area contributed by atoms with E-state index in [1.165, 1.54) is 0 Å². The minimum absolute atomic E-state index is 0.154. The SMILES string of the molecule is CN(Cc1nc2ccccc2c(=O)[nH]1)C[C@H](O)COc1ccc2ccccc2c1. The molecule has 0 spiro atoms. The number of hydrogen-bond donors (Lipinski definition) is 2. The summed E-state index contributed by atoms with van der Waals surface area (Å²) in [6.45, 7) is 1.00. The summed E-state index contributed by atoms with van der Waals surface area (Å²) in [6.07, 6.45) is -0.668. The molecule has 29 heavy (non-hydrogen) atoms. The highest BCUT2D eigenvalue weighted by Crippen LogP contribution is 2.20. The summed E-state index contributed by atoms with van der Waals surface area (Å²) in [5, 5.41) is 13.2. The zero-order chi connectivity index (χ0) is 20.2. The van der Waals surface area contributed by atoms with E-state index in [2.05, 4.69) is 9.97 Å². The maximum absolute atomic E-state index is 12.2. The Bertz CT molecular complexity index is 1190. The number of ether oxygens (including phenoxy) is 1. The molecule has 6 heteroatoms. The van der Waals surface area contributed by atoms with Crippen LogP contribution in [0.3, 0.4) is 0 Å². The van der Waals surface area contributed by atoms with E-state index >= 15 is 0 Å². The van der Waals surface area contributed by atoms with Crippen LogP contribution >= 0.6 is 0 Å². The van der Waals surface area contributed by atoms with Gasteiger partial charge in [-0.05, 0) is 42.1 Å². The minimum Gasteiger partial charge on any atom is -0.491 e. The van der Waals surface area contributed by atoms with Crippen molar-refractivity contribution in [2.24, 2.45) is 0 Å². The predicted octanol–water partition coefficient (Wildman–Crippen LogP) is 2.95. The van der Waals surface area contributed by atoms with Gasteiger partial charge in [0.25, 0.3) is 5.56 Å². The molecule has 0 saturated carbocycles. The number of benzene rings is 3. The van der Waals surface area contributed by atoms with Gasteiger partial charge in [-0.2, -0.15) is 0 Å². The third-order valence-electron chi connectivity index (χ3n) is 4.77. The maximum Gasteiger partial charge on any atom is 0.258 e. The number of nitrogens with one attached hydrogen (secondary N) is 1. The number of aliphatic hydroxyl groups is 1. The molecule has 1 heterocycles. The van der Waals surface area contributed by atoms with E-state index in [0.717, 1.165) is 16.5 Å². The number of nitrogens with zero attached hydrogens (tertiary/aromatic N) is 2. The van der Waals surface area contributed by atoms with Gasteiger partial charge < -0.3 is 14.8 Å². The first-order valence-corrected chi connectivity index (χ1v) is 9.54. The summed E-state index contributed by atoms with van der Waals surface area (Å²) < 4.78 is 5.75. The molecule has 6 nitrogen and oxygen atoms in total. The fourth-order valence-electron chi connectivity index (χ4n) is 3.39. The number of aromatic nitrogens is 2. The normalized spacial score (nSPS) is 12.5. The van der Waals surface area contributed by atoms with Crippen molar-refractivity contribution in [2.45, 2.75) is 12.6 Å². The van der Waals surface area contributed by atoms with E-state index in [1.807, 2.05) is 72.6 Å². The second-order valence-electron chi connectivity index (χ2n) is 7.20. The van der Waals surface area contributed by atoms with Gasteiger partial charge in [0.2, 0.25) is 0 Å². The van der Waals surface area contributed by atoms with Gasteiger partial charge in [0, 0.05) is 6.54 Å². The predicted molar refractivity (Wildman–Crippen MR) is 114 cm³/mol. The quantitative estimate of drug-likeness (QED) is 0.508. The highest BCUT2D eigenvalue weighted by molar-refractivity contribution is 5.83.